The summed E-state index contributed by atoms with van der Waals surface area (Å²) in [5.41, 5.74) is 8.21. The van der Waals surface area contributed by atoms with Gasteiger partial charge in [-0.2, -0.15) is 9.97 Å². The Kier molecular flexibility index (Phi) is 8.56. The second-order valence-electron chi connectivity index (χ2n) is 16.5. The number of rotatable bonds is 8. The van der Waals surface area contributed by atoms with Crippen LogP contribution in [-0.2, 0) is 4.74 Å². The van der Waals surface area contributed by atoms with Crippen LogP contribution in [-0.4, -0.2) is 84.5 Å². The van der Waals surface area contributed by atoms with E-state index < -0.39 is 62.3 Å². The first-order valence-corrected chi connectivity index (χ1v) is 21.6. The number of anilines is 2. The number of pyridine rings is 1. The topological polar surface area (TPSA) is 89.6 Å². The molecule has 3 aliphatic heterocycles. The van der Waals surface area contributed by atoms with Crippen molar-refractivity contribution in [3.05, 3.63) is 47.4 Å². The van der Waals surface area contributed by atoms with Crippen molar-refractivity contribution in [2.45, 2.75) is 114 Å². The Bertz CT molecular complexity index is 2390. The summed E-state index contributed by atoms with van der Waals surface area (Å²) in [6.07, 6.45) is 0.971. The van der Waals surface area contributed by atoms with E-state index in [0.29, 0.717) is 25.8 Å². The number of aromatic nitrogens is 3. The second-order valence-corrected chi connectivity index (χ2v) is 22.0. The van der Waals surface area contributed by atoms with Crippen molar-refractivity contribution >= 4 is 41.3 Å². The fourth-order valence-electron chi connectivity index (χ4n) is 9.59. The number of nitrogen functional groups attached to an aromatic ring is 1. The molecule has 1 saturated carbocycles. The van der Waals surface area contributed by atoms with Gasteiger partial charge in [0.2, 0.25) is 0 Å². The van der Waals surface area contributed by atoms with E-state index in [-0.39, 0.29) is 98.7 Å². The van der Waals surface area contributed by atoms with Gasteiger partial charge in [-0.1, -0.05) is 47.5 Å². The first-order valence-electron chi connectivity index (χ1n) is 21.3. The molecular formula is C42H50F4N6O2Si. The van der Waals surface area contributed by atoms with Gasteiger partial charge in [0.25, 0.3) is 0 Å². The lowest BCUT2D eigenvalue weighted by atomic mass is 9.95. The van der Waals surface area contributed by atoms with Crippen LogP contribution in [0, 0.1) is 28.9 Å². The molecule has 1 aliphatic carbocycles. The molecular weight excluding hydrogens is 725 g/mol. The molecule has 0 radical (unpaired) electrons. The second kappa shape index (κ2) is 14.2. The fraction of sp³-hybridized carbons (Fsp3) is 0.548. The maximum Gasteiger partial charge on any atom is 0.319 e. The van der Waals surface area contributed by atoms with Gasteiger partial charge in [-0.15, -0.1) is 5.54 Å². The van der Waals surface area contributed by atoms with Crippen LogP contribution in [0.1, 0.15) is 84.7 Å². The van der Waals surface area contributed by atoms with Gasteiger partial charge in [0.1, 0.15) is 37.8 Å². The lowest BCUT2D eigenvalue weighted by Gasteiger charge is -2.38. The molecule has 292 valence electrons. The minimum atomic E-state index is -2.54. The van der Waals surface area contributed by atoms with E-state index in [2.05, 4.69) is 68.0 Å². The number of hydrogen-bond donors (Lipinski definition) is 1. The first kappa shape index (κ1) is 33.2. The molecule has 13 heteroatoms. The zero-order valence-corrected chi connectivity index (χ0v) is 33.1. The van der Waals surface area contributed by atoms with Crippen LogP contribution in [0.5, 0.6) is 6.01 Å². The molecule has 2 N–H and O–H groups in total. The summed E-state index contributed by atoms with van der Waals surface area (Å²) in [5, 5.41) is 0.284. The third kappa shape index (κ3) is 6.42. The Labute approximate surface area is 326 Å². The quantitative estimate of drug-likeness (QED) is 0.0823. The monoisotopic (exact) mass is 778 g/mol. The smallest absolute Gasteiger partial charge is 0.319 e. The van der Waals surface area contributed by atoms with Crippen molar-refractivity contribution < 1.29 is 32.5 Å². The Morgan fingerprint density at radius 3 is 2.60 bits per heavy atom. The third-order valence-electron chi connectivity index (χ3n) is 12.2. The van der Waals surface area contributed by atoms with Gasteiger partial charge in [-0.25, -0.2) is 17.6 Å². The molecule has 8 rings (SSSR count). The number of nitrogens with two attached hydrogens (primary N) is 1. The average Bonchev–Trinajstić information content (AvgIpc) is 3.66. The fourth-order valence-corrected chi connectivity index (χ4v) is 14.8. The summed E-state index contributed by atoms with van der Waals surface area (Å²) < 4.78 is 112. The molecule has 55 heavy (non-hydrogen) atoms. The largest absolute Gasteiger partial charge is 0.461 e. The highest BCUT2D eigenvalue weighted by Crippen LogP contribution is 2.45. The van der Waals surface area contributed by atoms with E-state index in [4.69, 9.17) is 17.9 Å². The van der Waals surface area contributed by atoms with Crippen molar-refractivity contribution in [3.8, 4) is 28.7 Å². The first-order chi connectivity index (χ1) is 27.7. The Morgan fingerprint density at radius 2 is 1.85 bits per heavy atom. The Hall–Kier alpha value is -3.99. The molecule has 4 fully saturated rings. The maximum absolute atomic E-state index is 17.6. The van der Waals surface area contributed by atoms with Crippen molar-refractivity contribution in [1.82, 2.24) is 19.9 Å². The standard InChI is InChI=1S/C42H50F4N6O2Si/c1-23(2)55(24(3)4,25(5)6)14-9-29-35-26(16-32(44)36(29)45)15-28(47)17-30(35)38-37(46)39-31(20-48-38)40(52-12-8-13-53-34-18-33(34)52)50-41(49-39)54-22-42-10-7-11-51(42)21-27(43)19-42/h15-17,20,23-25,27,33-34H,7-8,10-13,18-19,21-22,47H2,1-6H3/t27-,33+,34-,42+/m1/s1/i12D2,22D2. The number of fused-ring (bicyclic) bond motifs is 4. The number of alkyl halides is 1. The van der Waals surface area contributed by atoms with Gasteiger partial charge in [0.15, 0.2) is 17.5 Å². The average molecular weight is 779 g/mol. The molecule has 0 amide bonds. The number of benzene rings is 2. The lowest BCUT2D eigenvalue weighted by Crippen LogP contribution is -2.43. The molecule has 5 heterocycles. The van der Waals surface area contributed by atoms with Crippen LogP contribution in [0.15, 0.2) is 24.4 Å². The Morgan fingerprint density at radius 1 is 1.09 bits per heavy atom. The van der Waals surface area contributed by atoms with Crippen LogP contribution < -0.4 is 15.4 Å². The Balaban J connectivity index is 1.36. The molecule has 4 aromatic rings. The molecule has 8 nitrogen and oxygen atoms in total. The van der Waals surface area contributed by atoms with Crippen LogP contribution >= 0.6 is 0 Å². The summed E-state index contributed by atoms with van der Waals surface area (Å²) in [7, 11) is -2.48. The van der Waals surface area contributed by atoms with E-state index in [0.717, 1.165) is 6.07 Å². The van der Waals surface area contributed by atoms with Crippen LogP contribution in [0.4, 0.5) is 29.1 Å². The molecule has 0 spiro atoms. The zero-order valence-electron chi connectivity index (χ0n) is 36.1. The molecule has 2 aromatic carbocycles. The molecule has 0 unspecified atom stereocenters. The van der Waals surface area contributed by atoms with Gasteiger partial charge in [-0.05, 0) is 72.4 Å². The van der Waals surface area contributed by atoms with Crippen molar-refractivity contribution in [1.29, 1.82) is 0 Å². The van der Waals surface area contributed by atoms with Gasteiger partial charge >= 0.3 is 6.01 Å². The molecule has 3 saturated heterocycles. The number of halogens is 4. The SMILES string of the molecule is [2H]C1([2H])CCO[C@@H]2C[C@@H]2N1c1nc(OC([2H])([2H])[C@@]23CCCN2C[C@H](F)C3)nc2c(F)c(-c3cc(N)cc4cc(F)c(F)c(C#C[Si](C(C)C)(C(C)C)C(C)C)c34)ncc12. The predicted octanol–water partition coefficient (Wildman–Crippen LogP) is 8.74. The van der Waals surface area contributed by atoms with Crippen LogP contribution in [0.2, 0.25) is 16.6 Å². The summed E-state index contributed by atoms with van der Waals surface area (Å²) >= 11 is 0. The summed E-state index contributed by atoms with van der Waals surface area (Å²) in [6, 6.07) is 2.82. The zero-order chi connectivity index (χ0) is 42.6. The summed E-state index contributed by atoms with van der Waals surface area (Å²) in [5.74, 6) is -0.385. The predicted molar refractivity (Wildman–Crippen MR) is 211 cm³/mol. The molecule has 0 bridgehead atoms. The summed E-state index contributed by atoms with van der Waals surface area (Å²) in [6.45, 7) is 8.70. The van der Waals surface area contributed by atoms with Crippen molar-refractivity contribution in [2.24, 2.45) is 0 Å². The van der Waals surface area contributed by atoms with Crippen molar-refractivity contribution in [2.75, 3.05) is 43.4 Å². The number of ether oxygens (including phenoxy) is 2. The minimum absolute atomic E-state index is 0.00737. The molecule has 4 atom stereocenters. The molecule has 4 aliphatic rings. The van der Waals surface area contributed by atoms with Crippen LogP contribution in [0.3, 0.4) is 0 Å². The van der Waals surface area contributed by atoms with E-state index in [1.165, 1.54) is 23.2 Å². The van der Waals surface area contributed by atoms with Crippen molar-refractivity contribution in [3.63, 3.8) is 0 Å². The summed E-state index contributed by atoms with van der Waals surface area (Å²) in [4.78, 5) is 16.7. The van der Waals surface area contributed by atoms with E-state index in [1.54, 1.807) is 4.90 Å². The third-order valence-corrected chi connectivity index (χ3v) is 18.5. The highest BCUT2D eigenvalue weighted by atomic mass is 28.3. The molecule has 2 aromatic heterocycles. The van der Waals surface area contributed by atoms with E-state index >= 15 is 13.2 Å². The lowest BCUT2D eigenvalue weighted by molar-refractivity contribution is 0.107. The maximum atomic E-state index is 17.6. The normalized spacial score (nSPS) is 26.3. The highest BCUT2D eigenvalue weighted by molar-refractivity contribution is 6.90. The number of hydrogen-bond acceptors (Lipinski definition) is 8. The highest BCUT2D eigenvalue weighted by Gasteiger charge is 2.50. The number of nitrogens with zero attached hydrogens (tertiary/aromatic N) is 5. The van der Waals surface area contributed by atoms with E-state index in [9.17, 15) is 7.13 Å². The van der Waals surface area contributed by atoms with Crippen LogP contribution in [0.25, 0.3) is 32.9 Å². The van der Waals surface area contributed by atoms with Gasteiger partial charge < -0.3 is 20.1 Å². The van der Waals surface area contributed by atoms with E-state index in [1.807, 2.05) is 0 Å². The van der Waals surface area contributed by atoms with Gasteiger partial charge in [0, 0.05) is 51.6 Å². The minimum Gasteiger partial charge on any atom is -0.461 e. The van der Waals surface area contributed by atoms with Gasteiger partial charge in [-0.3, -0.25) is 9.88 Å². The van der Waals surface area contributed by atoms with Gasteiger partial charge in [0.05, 0.1) is 31.4 Å².